The summed E-state index contributed by atoms with van der Waals surface area (Å²) in [5.41, 5.74) is 6.73. The van der Waals surface area contributed by atoms with Crippen LogP contribution in [-0.2, 0) is 4.79 Å². The quantitative estimate of drug-likeness (QED) is 0.491. The van der Waals surface area contributed by atoms with E-state index in [0.29, 0.717) is 10.8 Å². The minimum Gasteiger partial charge on any atom is -0.483 e. The number of amides is 2. The van der Waals surface area contributed by atoms with E-state index in [1.54, 1.807) is 6.07 Å². The number of benzene rings is 3. The molecule has 4 aromatic rings. The Balaban J connectivity index is 1.51. The fourth-order valence-corrected chi connectivity index (χ4v) is 4.12. The second kappa shape index (κ2) is 8.16. The molecular weight excluding hydrogens is 384 g/mol. The number of nitrogens with one attached hydrogen (secondary N) is 1. The molecule has 0 saturated heterocycles. The summed E-state index contributed by atoms with van der Waals surface area (Å²) in [6, 6.07) is 24.8. The summed E-state index contributed by atoms with van der Waals surface area (Å²) in [6.45, 7) is -0.176. The van der Waals surface area contributed by atoms with Crippen LogP contribution in [0, 0.1) is 0 Å². The van der Waals surface area contributed by atoms with Gasteiger partial charge in [-0.15, -0.1) is 11.3 Å². The number of carbonyl (C=O) groups excluding carboxylic acids is 2. The fraction of sp³-hybridized carbons (Fsp3) is 0.0435. The van der Waals surface area contributed by atoms with Gasteiger partial charge in [-0.3, -0.25) is 9.59 Å². The first-order valence-corrected chi connectivity index (χ1v) is 9.83. The van der Waals surface area contributed by atoms with E-state index in [-0.39, 0.29) is 18.1 Å². The van der Waals surface area contributed by atoms with Crippen LogP contribution in [0.15, 0.2) is 78.9 Å². The van der Waals surface area contributed by atoms with E-state index in [9.17, 15) is 9.59 Å². The highest BCUT2D eigenvalue weighted by atomic mass is 32.1. The number of thiophene rings is 1. The molecule has 0 unspecified atom stereocenters. The number of ether oxygens (including phenoxy) is 1. The molecule has 0 saturated carbocycles. The summed E-state index contributed by atoms with van der Waals surface area (Å²) >= 11 is 1.31. The van der Waals surface area contributed by atoms with Crippen molar-refractivity contribution in [2.24, 2.45) is 5.73 Å². The van der Waals surface area contributed by atoms with Crippen molar-refractivity contribution in [3.05, 3.63) is 84.4 Å². The zero-order valence-electron chi connectivity index (χ0n) is 15.4. The van der Waals surface area contributed by atoms with E-state index in [0.717, 1.165) is 21.2 Å². The number of rotatable bonds is 6. The van der Waals surface area contributed by atoms with Gasteiger partial charge in [0, 0.05) is 10.3 Å². The Morgan fingerprint density at radius 2 is 1.66 bits per heavy atom. The molecule has 0 aliphatic heterocycles. The summed E-state index contributed by atoms with van der Waals surface area (Å²) in [4.78, 5) is 25.1. The average molecular weight is 402 g/mol. The van der Waals surface area contributed by atoms with Crippen molar-refractivity contribution in [1.29, 1.82) is 0 Å². The lowest BCUT2D eigenvalue weighted by molar-refractivity contribution is -0.118. The maximum atomic E-state index is 12.5. The molecule has 1 heterocycles. The van der Waals surface area contributed by atoms with Gasteiger partial charge in [-0.25, -0.2) is 0 Å². The number of nitrogens with two attached hydrogens (primary N) is 1. The van der Waals surface area contributed by atoms with E-state index in [4.69, 9.17) is 10.5 Å². The van der Waals surface area contributed by atoms with Crippen molar-refractivity contribution in [3.8, 4) is 16.2 Å². The van der Waals surface area contributed by atoms with Gasteiger partial charge in [0.05, 0.1) is 5.56 Å². The molecule has 0 aliphatic rings. The van der Waals surface area contributed by atoms with Gasteiger partial charge in [-0.1, -0.05) is 66.7 Å². The van der Waals surface area contributed by atoms with Crippen LogP contribution in [0.3, 0.4) is 0 Å². The molecule has 2 amide bonds. The highest BCUT2D eigenvalue weighted by molar-refractivity contribution is 7.20. The van der Waals surface area contributed by atoms with Gasteiger partial charge in [-0.05, 0) is 23.1 Å². The summed E-state index contributed by atoms with van der Waals surface area (Å²) < 4.78 is 5.72. The highest BCUT2D eigenvalue weighted by Gasteiger charge is 2.17. The van der Waals surface area contributed by atoms with Crippen LogP contribution >= 0.6 is 11.3 Å². The summed E-state index contributed by atoms with van der Waals surface area (Å²) in [5, 5.41) is 5.14. The van der Waals surface area contributed by atoms with Crippen LogP contribution in [0.5, 0.6) is 5.75 Å². The molecule has 4 rings (SSSR count). The number of hydrogen-bond acceptors (Lipinski definition) is 4. The summed E-state index contributed by atoms with van der Waals surface area (Å²) in [6.07, 6.45) is 0. The Kier molecular flexibility index (Phi) is 5.27. The Hall–Kier alpha value is -3.64. The van der Waals surface area contributed by atoms with E-state index in [2.05, 4.69) is 5.32 Å². The standard InChI is InChI=1S/C23H18N2O3S/c24-22(27)18-13-20(16-8-2-1-3-9-16)29-23(18)25-21(26)14-28-19-12-6-10-15-7-4-5-11-17(15)19/h1-13H,14H2,(H2,24,27)(H,25,26). The van der Waals surface area contributed by atoms with Gasteiger partial charge < -0.3 is 15.8 Å². The van der Waals surface area contributed by atoms with Crippen LogP contribution in [-0.4, -0.2) is 18.4 Å². The Labute approximate surface area is 171 Å². The molecule has 6 heteroatoms. The van der Waals surface area contributed by atoms with E-state index >= 15 is 0 Å². The first-order valence-electron chi connectivity index (χ1n) is 9.01. The third-order valence-electron chi connectivity index (χ3n) is 4.42. The Morgan fingerprint density at radius 3 is 2.45 bits per heavy atom. The Bertz CT molecular complexity index is 1180. The van der Waals surface area contributed by atoms with Crippen molar-refractivity contribution in [1.82, 2.24) is 0 Å². The predicted molar refractivity (Wildman–Crippen MR) is 116 cm³/mol. The van der Waals surface area contributed by atoms with Crippen molar-refractivity contribution in [2.75, 3.05) is 11.9 Å². The first kappa shape index (κ1) is 18.7. The zero-order valence-corrected chi connectivity index (χ0v) is 16.2. The fourth-order valence-electron chi connectivity index (χ4n) is 3.04. The molecule has 144 valence electrons. The molecular formula is C23H18N2O3S. The molecule has 0 radical (unpaired) electrons. The van der Waals surface area contributed by atoms with E-state index < -0.39 is 5.91 Å². The van der Waals surface area contributed by atoms with Gasteiger partial charge in [0.2, 0.25) is 0 Å². The third-order valence-corrected chi connectivity index (χ3v) is 5.52. The maximum Gasteiger partial charge on any atom is 0.262 e. The van der Waals surface area contributed by atoms with Crippen molar-refractivity contribution < 1.29 is 14.3 Å². The van der Waals surface area contributed by atoms with Gasteiger partial charge in [-0.2, -0.15) is 0 Å². The van der Waals surface area contributed by atoms with Crippen LogP contribution in [0.1, 0.15) is 10.4 Å². The van der Waals surface area contributed by atoms with Crippen LogP contribution < -0.4 is 15.8 Å². The predicted octanol–water partition coefficient (Wildman–Crippen LogP) is 4.68. The topological polar surface area (TPSA) is 81.4 Å². The normalized spacial score (nSPS) is 10.6. The lowest BCUT2D eigenvalue weighted by Crippen LogP contribution is -2.21. The average Bonchev–Trinajstić information content (AvgIpc) is 3.17. The molecule has 3 N–H and O–H groups in total. The molecule has 0 atom stereocenters. The van der Waals surface area contributed by atoms with Gasteiger partial charge in [0.15, 0.2) is 6.61 Å². The largest absolute Gasteiger partial charge is 0.483 e. The third kappa shape index (κ3) is 4.12. The highest BCUT2D eigenvalue weighted by Crippen LogP contribution is 2.35. The van der Waals surface area contributed by atoms with Gasteiger partial charge in [0.25, 0.3) is 11.8 Å². The minimum absolute atomic E-state index is 0.176. The van der Waals surface area contributed by atoms with Gasteiger partial charge >= 0.3 is 0 Å². The second-order valence-electron chi connectivity index (χ2n) is 6.40. The molecule has 1 aromatic heterocycles. The molecule has 5 nitrogen and oxygen atoms in total. The lowest BCUT2D eigenvalue weighted by Gasteiger charge is -2.09. The van der Waals surface area contributed by atoms with Crippen molar-refractivity contribution >= 4 is 38.9 Å². The van der Waals surface area contributed by atoms with Crippen LogP contribution in [0.2, 0.25) is 0 Å². The molecule has 0 spiro atoms. The number of hydrogen-bond donors (Lipinski definition) is 2. The molecule has 0 aliphatic carbocycles. The van der Waals surface area contributed by atoms with Crippen molar-refractivity contribution in [3.63, 3.8) is 0 Å². The number of carbonyl (C=O) groups is 2. The Morgan fingerprint density at radius 1 is 0.931 bits per heavy atom. The molecule has 29 heavy (non-hydrogen) atoms. The molecule has 3 aromatic carbocycles. The minimum atomic E-state index is -0.589. The second-order valence-corrected chi connectivity index (χ2v) is 7.45. The van der Waals surface area contributed by atoms with Crippen molar-refractivity contribution in [2.45, 2.75) is 0 Å². The summed E-state index contributed by atoms with van der Waals surface area (Å²) in [7, 11) is 0. The lowest BCUT2D eigenvalue weighted by atomic mass is 10.1. The SMILES string of the molecule is NC(=O)c1cc(-c2ccccc2)sc1NC(=O)COc1cccc2ccccc12. The van der Waals surface area contributed by atoms with Gasteiger partial charge in [0.1, 0.15) is 10.8 Å². The smallest absolute Gasteiger partial charge is 0.262 e. The number of anilines is 1. The maximum absolute atomic E-state index is 12.5. The van der Waals surface area contributed by atoms with Crippen LogP contribution in [0.4, 0.5) is 5.00 Å². The number of fused-ring (bicyclic) bond motifs is 1. The zero-order chi connectivity index (χ0) is 20.2. The van der Waals surface area contributed by atoms with E-state index in [1.165, 1.54) is 11.3 Å². The molecule has 0 bridgehead atoms. The van der Waals surface area contributed by atoms with E-state index in [1.807, 2.05) is 72.8 Å². The molecule has 0 fully saturated rings. The van der Waals surface area contributed by atoms with Crippen LogP contribution in [0.25, 0.3) is 21.2 Å². The summed E-state index contributed by atoms with van der Waals surface area (Å²) in [5.74, 6) is -0.319. The first-order chi connectivity index (χ1) is 14.1. The number of primary amides is 1. The monoisotopic (exact) mass is 402 g/mol.